The minimum Gasteiger partial charge on any atom is -0.356 e. The summed E-state index contributed by atoms with van der Waals surface area (Å²) in [7, 11) is 0. The molecule has 166 valence electrons. The highest BCUT2D eigenvalue weighted by atomic mass is 16.1. The summed E-state index contributed by atoms with van der Waals surface area (Å²) in [6.07, 6.45) is 6.09. The second kappa shape index (κ2) is 11.4. The van der Waals surface area contributed by atoms with E-state index in [0.717, 1.165) is 51.2 Å². The summed E-state index contributed by atoms with van der Waals surface area (Å²) >= 11 is 0. The van der Waals surface area contributed by atoms with E-state index < -0.39 is 0 Å². The molecule has 31 heavy (non-hydrogen) atoms. The molecule has 2 aliphatic rings. The highest BCUT2D eigenvalue weighted by Gasteiger charge is 2.35. The van der Waals surface area contributed by atoms with Gasteiger partial charge in [0.15, 0.2) is 0 Å². The number of hydrogen-bond acceptors (Lipinski definition) is 3. The summed E-state index contributed by atoms with van der Waals surface area (Å²) in [6, 6.07) is 21.9. The summed E-state index contributed by atoms with van der Waals surface area (Å²) in [5.74, 6) is 1.69. The van der Waals surface area contributed by atoms with Crippen molar-refractivity contribution in [3.63, 3.8) is 0 Å². The monoisotopic (exact) mass is 419 g/mol. The van der Waals surface area contributed by atoms with Crippen molar-refractivity contribution < 1.29 is 4.79 Å². The van der Waals surface area contributed by atoms with Crippen LogP contribution in [0.5, 0.6) is 0 Å². The second-order valence-corrected chi connectivity index (χ2v) is 9.39. The third-order valence-electron chi connectivity index (χ3n) is 6.86. The number of carbonyl (C=O) groups excluding carboxylic acids is 1. The number of aryl methyl sites for hydroxylation is 1. The highest BCUT2D eigenvalue weighted by molar-refractivity contribution is 5.75. The topological polar surface area (TPSA) is 44.4 Å². The van der Waals surface area contributed by atoms with Crippen LogP contribution < -0.4 is 10.6 Å². The molecule has 0 unspecified atom stereocenters. The largest absolute Gasteiger partial charge is 0.356 e. The highest BCUT2D eigenvalue weighted by Crippen LogP contribution is 2.31. The smallest absolute Gasteiger partial charge is 0.219 e. The van der Waals surface area contributed by atoms with Crippen molar-refractivity contribution in [1.29, 1.82) is 0 Å². The molecule has 0 aliphatic carbocycles. The molecule has 2 saturated heterocycles. The Kier molecular flexibility index (Phi) is 8.14. The third-order valence-corrected chi connectivity index (χ3v) is 6.86. The van der Waals surface area contributed by atoms with Crippen LogP contribution in [0.4, 0.5) is 0 Å². The molecule has 2 aromatic rings. The number of rotatable bonds is 10. The fourth-order valence-corrected chi connectivity index (χ4v) is 5.32. The number of hydrogen-bond donors (Lipinski definition) is 2. The molecule has 4 nitrogen and oxygen atoms in total. The van der Waals surface area contributed by atoms with Gasteiger partial charge in [0.2, 0.25) is 5.91 Å². The van der Waals surface area contributed by atoms with Crippen molar-refractivity contribution in [3.05, 3.63) is 71.8 Å². The van der Waals surface area contributed by atoms with Gasteiger partial charge in [0.1, 0.15) is 0 Å². The number of nitrogens with one attached hydrogen (secondary N) is 2. The lowest BCUT2D eigenvalue weighted by atomic mass is 9.79. The summed E-state index contributed by atoms with van der Waals surface area (Å²) in [6.45, 7) is 5.34. The van der Waals surface area contributed by atoms with E-state index in [1.165, 1.54) is 30.6 Å². The van der Waals surface area contributed by atoms with Crippen molar-refractivity contribution in [2.24, 2.45) is 11.8 Å². The van der Waals surface area contributed by atoms with E-state index in [1.807, 2.05) is 6.07 Å². The molecule has 2 fully saturated rings. The number of carbonyl (C=O) groups is 1. The van der Waals surface area contributed by atoms with Crippen LogP contribution in [-0.2, 0) is 17.8 Å². The predicted molar refractivity (Wildman–Crippen MR) is 127 cm³/mol. The molecular formula is C27H37N3O. The maximum atomic E-state index is 12.2. The number of fused-ring (bicyclic) bond motifs is 2. The third kappa shape index (κ3) is 6.91. The van der Waals surface area contributed by atoms with Gasteiger partial charge in [-0.1, -0.05) is 60.7 Å². The molecule has 4 rings (SSSR count). The Labute approximate surface area is 187 Å². The SMILES string of the molecule is O=C(CCC[C@H]1NC[C@@H]2C[C@H]1CN(Cc1ccccc1)C2)NCCCc1ccccc1. The zero-order chi connectivity index (χ0) is 21.3. The second-order valence-electron chi connectivity index (χ2n) is 9.39. The average Bonchev–Trinajstić information content (AvgIpc) is 2.80. The summed E-state index contributed by atoms with van der Waals surface area (Å²) in [5.41, 5.74) is 2.75. The lowest BCUT2D eigenvalue weighted by molar-refractivity contribution is -0.121. The first-order chi connectivity index (χ1) is 15.3. The Balaban J connectivity index is 1.13. The van der Waals surface area contributed by atoms with Gasteiger partial charge in [-0.3, -0.25) is 9.69 Å². The van der Waals surface area contributed by atoms with E-state index in [1.54, 1.807) is 0 Å². The van der Waals surface area contributed by atoms with Crippen LogP contribution in [0.2, 0.25) is 0 Å². The lowest BCUT2D eigenvalue weighted by Crippen LogP contribution is -2.55. The minimum atomic E-state index is 0.205. The van der Waals surface area contributed by atoms with Crippen molar-refractivity contribution in [3.8, 4) is 0 Å². The van der Waals surface area contributed by atoms with Crippen molar-refractivity contribution in [2.45, 2.75) is 51.1 Å². The van der Waals surface area contributed by atoms with E-state index in [4.69, 9.17) is 0 Å². The van der Waals surface area contributed by atoms with E-state index in [0.29, 0.717) is 18.4 Å². The molecule has 1 amide bonds. The van der Waals surface area contributed by atoms with Crippen LogP contribution in [-0.4, -0.2) is 43.0 Å². The molecule has 0 spiro atoms. The Morgan fingerprint density at radius 3 is 2.48 bits per heavy atom. The van der Waals surface area contributed by atoms with Gasteiger partial charge in [-0.25, -0.2) is 0 Å². The van der Waals surface area contributed by atoms with E-state index >= 15 is 0 Å². The zero-order valence-corrected chi connectivity index (χ0v) is 18.6. The molecule has 4 heteroatoms. The molecule has 0 aromatic heterocycles. The van der Waals surface area contributed by atoms with Crippen molar-refractivity contribution in [2.75, 3.05) is 26.2 Å². The predicted octanol–water partition coefficient (Wildman–Crippen LogP) is 4.02. The van der Waals surface area contributed by atoms with Gasteiger partial charge in [-0.05, 0) is 61.6 Å². The van der Waals surface area contributed by atoms with Gasteiger partial charge in [0.25, 0.3) is 0 Å². The molecule has 0 saturated carbocycles. The van der Waals surface area contributed by atoms with Crippen LogP contribution in [0.1, 0.15) is 43.2 Å². The summed E-state index contributed by atoms with van der Waals surface area (Å²) in [5, 5.41) is 6.89. The number of benzene rings is 2. The standard InChI is InChI=1S/C27H37N3O/c31-27(28-16-8-13-22-9-3-1-4-10-22)15-7-14-26-25-17-24(18-29-26)20-30(21-25)19-23-11-5-2-6-12-23/h1-6,9-12,24-26,29H,7-8,13-21H2,(H,28,31)/t24-,25-,26+/m0/s1. The Bertz CT molecular complexity index is 795. The molecule has 2 N–H and O–H groups in total. The maximum absolute atomic E-state index is 12.2. The van der Waals surface area contributed by atoms with Crippen LogP contribution in [0.15, 0.2) is 60.7 Å². The van der Waals surface area contributed by atoms with Gasteiger partial charge in [0, 0.05) is 38.6 Å². The quantitative estimate of drug-likeness (QED) is 0.572. The molecule has 2 heterocycles. The minimum absolute atomic E-state index is 0.205. The first kappa shape index (κ1) is 22.0. The van der Waals surface area contributed by atoms with Gasteiger partial charge < -0.3 is 10.6 Å². The lowest BCUT2D eigenvalue weighted by Gasteiger charge is -2.46. The molecule has 2 aliphatic heterocycles. The number of likely N-dealkylation sites (tertiary alicyclic amines) is 1. The molecule has 3 atom stereocenters. The van der Waals surface area contributed by atoms with Gasteiger partial charge in [-0.2, -0.15) is 0 Å². The molecular weight excluding hydrogens is 382 g/mol. The van der Waals surface area contributed by atoms with Crippen molar-refractivity contribution in [1.82, 2.24) is 15.5 Å². The van der Waals surface area contributed by atoms with E-state index in [9.17, 15) is 4.79 Å². The van der Waals surface area contributed by atoms with E-state index in [-0.39, 0.29) is 5.91 Å². The Morgan fingerprint density at radius 1 is 0.968 bits per heavy atom. The maximum Gasteiger partial charge on any atom is 0.219 e. The summed E-state index contributed by atoms with van der Waals surface area (Å²) < 4.78 is 0. The van der Waals surface area contributed by atoms with Crippen LogP contribution in [0.25, 0.3) is 0 Å². The van der Waals surface area contributed by atoms with Gasteiger partial charge in [-0.15, -0.1) is 0 Å². The van der Waals surface area contributed by atoms with Gasteiger partial charge >= 0.3 is 0 Å². The normalized spacial score (nSPS) is 23.4. The van der Waals surface area contributed by atoms with E-state index in [2.05, 4.69) is 70.1 Å². The average molecular weight is 420 g/mol. The fourth-order valence-electron chi connectivity index (χ4n) is 5.32. The van der Waals surface area contributed by atoms with Gasteiger partial charge in [0.05, 0.1) is 0 Å². The van der Waals surface area contributed by atoms with Crippen molar-refractivity contribution >= 4 is 5.91 Å². The first-order valence-electron chi connectivity index (χ1n) is 12.1. The Hall–Kier alpha value is -2.17. The van der Waals surface area contributed by atoms with Crippen LogP contribution in [0.3, 0.4) is 0 Å². The number of piperidine rings is 2. The molecule has 2 aromatic carbocycles. The molecule has 0 radical (unpaired) electrons. The fraction of sp³-hybridized carbons (Fsp3) is 0.519. The Morgan fingerprint density at radius 2 is 1.71 bits per heavy atom. The first-order valence-corrected chi connectivity index (χ1v) is 12.1. The number of nitrogens with zero attached hydrogens (tertiary/aromatic N) is 1. The van der Waals surface area contributed by atoms with Crippen LogP contribution >= 0.6 is 0 Å². The number of amides is 1. The summed E-state index contributed by atoms with van der Waals surface area (Å²) in [4.78, 5) is 14.9. The zero-order valence-electron chi connectivity index (χ0n) is 18.6. The molecule has 2 bridgehead atoms. The van der Waals surface area contributed by atoms with Crippen LogP contribution in [0, 0.1) is 11.8 Å².